The number of nitrogens with zero attached hydrogens (tertiary/aromatic N) is 3. The van der Waals surface area contributed by atoms with E-state index in [1.807, 2.05) is 26.0 Å². The van der Waals surface area contributed by atoms with Gasteiger partial charge in [0.1, 0.15) is 11.5 Å². The number of carbonyl (C=O) groups excluding carboxylic acids is 1. The van der Waals surface area contributed by atoms with Crippen LogP contribution < -0.4 is 0 Å². The number of hydrogen-bond donors (Lipinski definition) is 0. The van der Waals surface area contributed by atoms with E-state index < -0.39 is 0 Å². The summed E-state index contributed by atoms with van der Waals surface area (Å²) in [5, 5.41) is 0.939. The minimum Gasteiger partial charge on any atom is -0.464 e. The van der Waals surface area contributed by atoms with Gasteiger partial charge in [0.15, 0.2) is 5.16 Å². The summed E-state index contributed by atoms with van der Waals surface area (Å²) in [5.74, 6) is 2.14. The van der Waals surface area contributed by atoms with Gasteiger partial charge in [-0.1, -0.05) is 25.1 Å². The topological polar surface area (TPSA) is 51.3 Å². The van der Waals surface area contributed by atoms with Crippen LogP contribution in [0.25, 0.3) is 0 Å². The second kappa shape index (κ2) is 8.42. The van der Waals surface area contributed by atoms with Crippen LogP contribution in [0.15, 0.2) is 21.7 Å². The molecule has 0 aromatic carbocycles. The standard InChI is InChI=1S/C18H27N3O2S/c1-6-7-10-21-15(4)14(3)19-18(21)24-12-17(22)20(5)11-16-9-8-13(2)23-16/h8-9H,6-7,10-12H2,1-5H3. The Balaban J connectivity index is 1.94. The van der Waals surface area contributed by atoms with Crippen LogP contribution in [0.2, 0.25) is 0 Å². The van der Waals surface area contributed by atoms with Crippen LogP contribution >= 0.6 is 11.8 Å². The monoisotopic (exact) mass is 349 g/mol. The summed E-state index contributed by atoms with van der Waals surface area (Å²) in [6, 6.07) is 3.83. The van der Waals surface area contributed by atoms with Crippen molar-refractivity contribution in [2.45, 2.75) is 58.8 Å². The molecule has 1 amide bonds. The van der Waals surface area contributed by atoms with Crippen molar-refractivity contribution in [3.05, 3.63) is 35.0 Å². The maximum absolute atomic E-state index is 12.4. The summed E-state index contributed by atoms with van der Waals surface area (Å²) >= 11 is 1.51. The predicted molar refractivity (Wildman–Crippen MR) is 97.3 cm³/mol. The summed E-state index contributed by atoms with van der Waals surface area (Å²) in [5.41, 5.74) is 2.23. The van der Waals surface area contributed by atoms with Gasteiger partial charge >= 0.3 is 0 Å². The van der Waals surface area contributed by atoms with Crippen molar-refractivity contribution in [3.63, 3.8) is 0 Å². The van der Waals surface area contributed by atoms with Gasteiger partial charge in [0.25, 0.3) is 0 Å². The molecule has 0 fully saturated rings. The zero-order chi connectivity index (χ0) is 17.7. The van der Waals surface area contributed by atoms with Gasteiger partial charge in [-0.3, -0.25) is 4.79 Å². The number of amides is 1. The van der Waals surface area contributed by atoms with Crippen molar-refractivity contribution in [3.8, 4) is 0 Å². The van der Waals surface area contributed by atoms with Crippen LogP contribution in [-0.4, -0.2) is 33.2 Å². The molecule has 2 heterocycles. The van der Waals surface area contributed by atoms with Crippen molar-refractivity contribution < 1.29 is 9.21 Å². The van der Waals surface area contributed by atoms with Crippen molar-refractivity contribution in [1.82, 2.24) is 14.5 Å². The molecule has 0 aliphatic carbocycles. The Morgan fingerprint density at radius 1 is 1.33 bits per heavy atom. The van der Waals surface area contributed by atoms with Crippen LogP contribution in [0.1, 0.15) is 42.7 Å². The number of rotatable bonds is 8. The van der Waals surface area contributed by atoms with E-state index in [1.54, 1.807) is 11.9 Å². The van der Waals surface area contributed by atoms with Crippen molar-refractivity contribution in [2.24, 2.45) is 0 Å². The first-order chi connectivity index (χ1) is 11.4. The maximum Gasteiger partial charge on any atom is 0.233 e. The highest BCUT2D eigenvalue weighted by atomic mass is 32.2. The fourth-order valence-corrected chi connectivity index (χ4v) is 3.50. The molecule has 0 spiro atoms. The third kappa shape index (κ3) is 4.66. The normalized spacial score (nSPS) is 11.0. The molecule has 0 aliphatic rings. The first-order valence-electron chi connectivity index (χ1n) is 8.38. The Hall–Kier alpha value is -1.69. The first kappa shape index (κ1) is 18.6. The number of furan rings is 1. The average molecular weight is 350 g/mol. The van der Waals surface area contributed by atoms with E-state index in [0.717, 1.165) is 41.8 Å². The predicted octanol–water partition coefficient (Wildman–Crippen LogP) is 3.95. The van der Waals surface area contributed by atoms with Crippen LogP contribution in [0, 0.1) is 20.8 Å². The lowest BCUT2D eigenvalue weighted by Gasteiger charge is -2.15. The van der Waals surface area contributed by atoms with Gasteiger partial charge in [0.2, 0.25) is 5.91 Å². The fraction of sp³-hybridized carbons (Fsp3) is 0.556. The molecule has 0 unspecified atom stereocenters. The smallest absolute Gasteiger partial charge is 0.233 e. The highest BCUT2D eigenvalue weighted by Gasteiger charge is 2.16. The van der Waals surface area contributed by atoms with Gasteiger partial charge in [-0.05, 0) is 39.3 Å². The zero-order valence-electron chi connectivity index (χ0n) is 15.3. The quantitative estimate of drug-likeness (QED) is 0.677. The van der Waals surface area contributed by atoms with Gasteiger partial charge < -0.3 is 13.9 Å². The van der Waals surface area contributed by atoms with Gasteiger partial charge in [0.05, 0.1) is 18.0 Å². The highest BCUT2D eigenvalue weighted by Crippen LogP contribution is 2.22. The number of carbonyl (C=O) groups is 1. The molecular formula is C18H27N3O2S. The van der Waals surface area contributed by atoms with Crippen LogP contribution in [0.4, 0.5) is 0 Å². The van der Waals surface area contributed by atoms with Gasteiger partial charge in [0, 0.05) is 19.3 Å². The van der Waals surface area contributed by atoms with E-state index in [-0.39, 0.29) is 5.91 Å². The molecule has 6 heteroatoms. The molecule has 2 rings (SSSR count). The second-order valence-electron chi connectivity index (χ2n) is 6.12. The van der Waals surface area contributed by atoms with Crippen LogP contribution in [0.5, 0.6) is 0 Å². The molecule has 0 saturated carbocycles. The first-order valence-corrected chi connectivity index (χ1v) is 9.36. The maximum atomic E-state index is 12.4. The van der Waals surface area contributed by atoms with Crippen molar-refractivity contribution >= 4 is 17.7 Å². The number of aryl methyl sites for hydroxylation is 2. The van der Waals surface area contributed by atoms with E-state index in [4.69, 9.17) is 4.42 Å². The third-order valence-corrected chi connectivity index (χ3v) is 5.06. The number of imidazole rings is 1. The Bertz CT molecular complexity index is 690. The SMILES string of the molecule is CCCCn1c(SCC(=O)N(C)Cc2ccc(C)o2)nc(C)c1C. The Labute approximate surface area is 148 Å². The largest absolute Gasteiger partial charge is 0.464 e. The molecule has 24 heavy (non-hydrogen) atoms. The van der Waals surface area contributed by atoms with E-state index in [2.05, 4.69) is 23.4 Å². The summed E-state index contributed by atoms with van der Waals surface area (Å²) in [7, 11) is 1.81. The minimum atomic E-state index is 0.0781. The molecule has 0 N–H and O–H groups in total. The van der Waals surface area contributed by atoms with Gasteiger partial charge in [-0.25, -0.2) is 4.98 Å². The highest BCUT2D eigenvalue weighted by molar-refractivity contribution is 7.99. The lowest BCUT2D eigenvalue weighted by molar-refractivity contribution is -0.127. The lowest BCUT2D eigenvalue weighted by atomic mass is 10.3. The number of aromatic nitrogens is 2. The molecule has 2 aromatic heterocycles. The van der Waals surface area contributed by atoms with Crippen molar-refractivity contribution in [1.29, 1.82) is 0 Å². The summed E-state index contributed by atoms with van der Waals surface area (Å²) in [6.07, 6.45) is 2.26. The minimum absolute atomic E-state index is 0.0781. The molecule has 5 nitrogen and oxygen atoms in total. The zero-order valence-corrected chi connectivity index (χ0v) is 16.1. The lowest BCUT2D eigenvalue weighted by Crippen LogP contribution is -2.27. The molecule has 0 bridgehead atoms. The van der Waals surface area contributed by atoms with Gasteiger partial charge in [-0.2, -0.15) is 0 Å². The molecule has 0 saturated heterocycles. The van der Waals surface area contributed by atoms with E-state index in [0.29, 0.717) is 12.3 Å². The molecule has 2 aromatic rings. The summed E-state index contributed by atoms with van der Waals surface area (Å²) < 4.78 is 7.76. The van der Waals surface area contributed by atoms with Crippen LogP contribution in [0.3, 0.4) is 0 Å². The average Bonchev–Trinajstić information content (AvgIpc) is 3.07. The molecule has 0 atom stereocenters. The van der Waals surface area contributed by atoms with Crippen LogP contribution in [-0.2, 0) is 17.9 Å². The Kier molecular flexibility index (Phi) is 6.54. The van der Waals surface area contributed by atoms with E-state index in [9.17, 15) is 4.79 Å². The molecule has 132 valence electrons. The number of thioether (sulfide) groups is 1. The van der Waals surface area contributed by atoms with E-state index >= 15 is 0 Å². The number of hydrogen-bond acceptors (Lipinski definition) is 4. The van der Waals surface area contributed by atoms with Gasteiger partial charge in [-0.15, -0.1) is 0 Å². The molecule has 0 radical (unpaired) electrons. The Morgan fingerprint density at radius 2 is 2.08 bits per heavy atom. The third-order valence-electron chi connectivity index (χ3n) is 4.10. The fourth-order valence-electron chi connectivity index (χ4n) is 2.44. The summed E-state index contributed by atoms with van der Waals surface area (Å²) in [4.78, 5) is 18.7. The molecular weight excluding hydrogens is 322 g/mol. The second-order valence-corrected chi connectivity index (χ2v) is 7.06. The molecule has 0 aliphatic heterocycles. The summed E-state index contributed by atoms with van der Waals surface area (Å²) in [6.45, 7) is 9.66. The number of unbranched alkanes of at least 4 members (excludes halogenated alkanes) is 1. The Morgan fingerprint density at radius 3 is 2.71 bits per heavy atom. The van der Waals surface area contributed by atoms with E-state index in [1.165, 1.54) is 17.5 Å². The van der Waals surface area contributed by atoms with Crippen molar-refractivity contribution in [2.75, 3.05) is 12.8 Å².